The quantitative estimate of drug-likeness (QED) is 0.828. The van der Waals surface area contributed by atoms with E-state index < -0.39 is 0 Å². The zero-order valence-corrected chi connectivity index (χ0v) is 13.5. The largest absolute Gasteiger partial charge is 0.508 e. The molecular weight excluding hydrogens is 354 g/mol. The molecule has 2 aromatic carbocycles. The van der Waals surface area contributed by atoms with Gasteiger partial charge in [0.1, 0.15) is 5.75 Å². The van der Waals surface area contributed by atoms with Crippen LogP contribution in [0.4, 0.5) is 0 Å². The molecule has 0 bridgehead atoms. The molecule has 0 radical (unpaired) electrons. The molecule has 3 nitrogen and oxygen atoms in total. The monoisotopic (exact) mass is 365 g/mol. The van der Waals surface area contributed by atoms with E-state index >= 15 is 0 Å². The van der Waals surface area contributed by atoms with Gasteiger partial charge in [0, 0.05) is 23.1 Å². The van der Waals surface area contributed by atoms with E-state index in [9.17, 15) is 9.90 Å². The van der Waals surface area contributed by atoms with E-state index in [1.165, 1.54) is 5.56 Å². The summed E-state index contributed by atoms with van der Waals surface area (Å²) in [5, 5.41) is 10.1. The van der Waals surface area contributed by atoms with Crippen molar-refractivity contribution in [3.63, 3.8) is 0 Å². The summed E-state index contributed by atoms with van der Waals surface area (Å²) in [5.74, 6) is 0.188. The predicted octanol–water partition coefficient (Wildman–Crippen LogP) is 4.01. The van der Waals surface area contributed by atoms with Gasteiger partial charge >= 0.3 is 0 Å². The topological polar surface area (TPSA) is 40.5 Å². The number of halogens is 2. The van der Waals surface area contributed by atoms with Gasteiger partial charge in [-0.25, -0.2) is 0 Å². The van der Waals surface area contributed by atoms with Crippen LogP contribution in [-0.2, 0) is 13.0 Å². The van der Waals surface area contributed by atoms with Crippen LogP contribution in [0.5, 0.6) is 5.75 Å². The van der Waals surface area contributed by atoms with Crippen LogP contribution in [0.15, 0.2) is 40.9 Å². The highest BCUT2D eigenvalue weighted by Gasteiger charge is 2.22. The number of rotatable bonds is 1. The molecule has 0 fully saturated rings. The summed E-state index contributed by atoms with van der Waals surface area (Å²) in [6, 6.07) is 10.5. The fourth-order valence-electron chi connectivity index (χ4n) is 2.53. The van der Waals surface area contributed by atoms with Gasteiger partial charge in [0.2, 0.25) is 0 Å². The molecule has 108 valence electrons. The lowest BCUT2D eigenvalue weighted by atomic mass is 9.99. The van der Waals surface area contributed by atoms with E-state index in [0.29, 0.717) is 23.7 Å². The normalized spacial score (nSPS) is 13.9. The molecule has 1 aliphatic heterocycles. The molecular formula is C16H13BrClNO2. The van der Waals surface area contributed by atoms with E-state index in [0.717, 1.165) is 16.5 Å². The van der Waals surface area contributed by atoms with Gasteiger partial charge in [-0.15, -0.1) is 0 Å². The highest BCUT2D eigenvalue weighted by atomic mass is 79.9. The number of amides is 1. The Labute approximate surface area is 136 Å². The molecule has 1 N–H and O–H groups in total. The highest BCUT2D eigenvalue weighted by Crippen LogP contribution is 2.27. The van der Waals surface area contributed by atoms with Crippen LogP contribution >= 0.6 is 27.5 Å². The van der Waals surface area contributed by atoms with Gasteiger partial charge in [0.25, 0.3) is 5.91 Å². The Bertz CT molecular complexity index is 717. The third-order valence-corrected chi connectivity index (χ3v) is 4.89. The van der Waals surface area contributed by atoms with E-state index in [-0.39, 0.29) is 11.7 Å². The van der Waals surface area contributed by atoms with Crippen molar-refractivity contribution in [3.05, 3.63) is 62.6 Å². The first-order valence-electron chi connectivity index (χ1n) is 6.59. The minimum Gasteiger partial charge on any atom is -0.508 e. The molecule has 0 aliphatic carbocycles. The van der Waals surface area contributed by atoms with E-state index in [4.69, 9.17) is 11.6 Å². The molecule has 1 heterocycles. The molecule has 21 heavy (non-hydrogen) atoms. The molecule has 1 aliphatic rings. The molecule has 5 heteroatoms. The van der Waals surface area contributed by atoms with Gasteiger partial charge in [0.05, 0.1) is 5.02 Å². The number of phenolic OH excluding ortho intramolecular Hbond substituents is 1. The summed E-state index contributed by atoms with van der Waals surface area (Å²) in [6.07, 6.45) is 0.797. The Morgan fingerprint density at radius 2 is 2.00 bits per heavy atom. The fourth-order valence-corrected chi connectivity index (χ4v) is 2.96. The van der Waals surface area contributed by atoms with Crippen LogP contribution in [0.3, 0.4) is 0 Å². The SMILES string of the molecule is O=C(c1ccc(Br)c(Cl)c1)N1CCc2ccc(O)cc2C1. The summed E-state index contributed by atoms with van der Waals surface area (Å²) in [4.78, 5) is 14.3. The molecule has 2 aromatic rings. The van der Waals surface area contributed by atoms with Gasteiger partial charge in [0.15, 0.2) is 0 Å². The second kappa shape index (κ2) is 5.70. The third kappa shape index (κ3) is 2.92. The van der Waals surface area contributed by atoms with Crippen molar-refractivity contribution in [2.24, 2.45) is 0 Å². The summed E-state index contributed by atoms with van der Waals surface area (Å²) in [6.45, 7) is 1.18. The lowest BCUT2D eigenvalue weighted by molar-refractivity contribution is 0.0734. The zero-order chi connectivity index (χ0) is 15.0. The Morgan fingerprint density at radius 1 is 1.19 bits per heavy atom. The fraction of sp³-hybridized carbons (Fsp3) is 0.188. The summed E-state index contributed by atoms with van der Waals surface area (Å²) < 4.78 is 0.773. The summed E-state index contributed by atoms with van der Waals surface area (Å²) >= 11 is 9.37. The van der Waals surface area contributed by atoms with Crippen LogP contribution in [0.1, 0.15) is 21.5 Å². The van der Waals surface area contributed by atoms with Crippen molar-refractivity contribution < 1.29 is 9.90 Å². The van der Waals surface area contributed by atoms with Crippen LogP contribution in [0.2, 0.25) is 5.02 Å². The maximum Gasteiger partial charge on any atom is 0.254 e. The first-order valence-corrected chi connectivity index (χ1v) is 7.77. The van der Waals surface area contributed by atoms with Gasteiger partial charge in [-0.2, -0.15) is 0 Å². The van der Waals surface area contributed by atoms with Crippen molar-refractivity contribution in [2.45, 2.75) is 13.0 Å². The summed E-state index contributed by atoms with van der Waals surface area (Å²) in [7, 11) is 0. The average molecular weight is 367 g/mol. The molecule has 3 rings (SSSR count). The van der Waals surface area contributed by atoms with Crippen LogP contribution in [-0.4, -0.2) is 22.5 Å². The van der Waals surface area contributed by atoms with Crippen molar-refractivity contribution in [1.29, 1.82) is 0 Å². The Morgan fingerprint density at radius 3 is 2.76 bits per heavy atom. The number of carbonyl (C=O) groups excluding carboxylic acids is 1. The number of carbonyl (C=O) groups is 1. The molecule has 1 amide bonds. The van der Waals surface area contributed by atoms with Crippen LogP contribution < -0.4 is 0 Å². The highest BCUT2D eigenvalue weighted by molar-refractivity contribution is 9.10. The Balaban J connectivity index is 1.85. The predicted molar refractivity (Wildman–Crippen MR) is 85.7 cm³/mol. The van der Waals surface area contributed by atoms with E-state index in [1.54, 1.807) is 35.2 Å². The lowest BCUT2D eigenvalue weighted by Gasteiger charge is -2.29. The number of hydrogen-bond donors (Lipinski definition) is 1. The molecule has 0 saturated heterocycles. The van der Waals surface area contributed by atoms with Gasteiger partial charge in [-0.05, 0) is 63.8 Å². The van der Waals surface area contributed by atoms with Crippen molar-refractivity contribution >= 4 is 33.4 Å². The Kier molecular flexibility index (Phi) is 3.91. The maximum atomic E-state index is 12.5. The van der Waals surface area contributed by atoms with Gasteiger partial charge in [-0.3, -0.25) is 4.79 Å². The minimum absolute atomic E-state index is 0.0432. The number of nitrogens with zero attached hydrogens (tertiary/aromatic N) is 1. The molecule has 0 spiro atoms. The number of hydrogen-bond acceptors (Lipinski definition) is 2. The Hall–Kier alpha value is -1.52. The number of benzene rings is 2. The molecule has 0 atom stereocenters. The van der Waals surface area contributed by atoms with Crippen LogP contribution in [0.25, 0.3) is 0 Å². The van der Waals surface area contributed by atoms with Crippen molar-refractivity contribution in [2.75, 3.05) is 6.54 Å². The first-order chi connectivity index (χ1) is 10.0. The minimum atomic E-state index is -0.0432. The number of aromatic hydroxyl groups is 1. The summed E-state index contributed by atoms with van der Waals surface area (Å²) in [5.41, 5.74) is 2.76. The molecule has 0 saturated carbocycles. The van der Waals surface area contributed by atoms with E-state index in [1.807, 2.05) is 6.07 Å². The average Bonchev–Trinajstić information content (AvgIpc) is 2.48. The maximum absolute atomic E-state index is 12.5. The van der Waals surface area contributed by atoms with E-state index in [2.05, 4.69) is 15.9 Å². The smallest absolute Gasteiger partial charge is 0.254 e. The van der Waals surface area contributed by atoms with Crippen LogP contribution in [0, 0.1) is 0 Å². The first kappa shape index (κ1) is 14.4. The standard InChI is InChI=1S/C16H13BrClNO2/c17-14-4-2-11(8-15(14)18)16(21)19-6-5-10-1-3-13(20)7-12(10)9-19/h1-4,7-8,20H,5-6,9H2. The second-order valence-electron chi connectivity index (χ2n) is 5.06. The van der Waals surface area contributed by atoms with Gasteiger partial charge in [-0.1, -0.05) is 17.7 Å². The molecule has 0 aromatic heterocycles. The zero-order valence-electron chi connectivity index (χ0n) is 11.1. The molecule has 0 unspecified atom stereocenters. The third-order valence-electron chi connectivity index (χ3n) is 3.66. The number of fused-ring (bicyclic) bond motifs is 1. The van der Waals surface area contributed by atoms with Gasteiger partial charge < -0.3 is 10.0 Å². The van der Waals surface area contributed by atoms with Crippen molar-refractivity contribution in [1.82, 2.24) is 4.90 Å². The lowest BCUT2D eigenvalue weighted by Crippen LogP contribution is -2.35. The van der Waals surface area contributed by atoms with Crippen molar-refractivity contribution in [3.8, 4) is 5.75 Å². The number of phenols is 1. The second-order valence-corrected chi connectivity index (χ2v) is 6.32.